The van der Waals surface area contributed by atoms with Crippen LogP contribution in [0.15, 0.2) is 48.5 Å². The Hall–Kier alpha value is -2.86. The maximum atomic E-state index is 13.5. The predicted molar refractivity (Wildman–Crippen MR) is 117 cm³/mol. The van der Waals surface area contributed by atoms with Gasteiger partial charge in [0.15, 0.2) is 0 Å². The average Bonchev–Trinajstić information content (AvgIpc) is 3.23. The fourth-order valence-corrected chi connectivity index (χ4v) is 5.16. The number of piperidine rings is 1. The van der Waals surface area contributed by atoms with Crippen molar-refractivity contribution in [2.24, 2.45) is 5.92 Å². The van der Waals surface area contributed by atoms with Gasteiger partial charge in [-0.15, -0.1) is 0 Å². The third-order valence-corrected chi connectivity index (χ3v) is 6.88. The molecule has 5 rings (SSSR count). The van der Waals surface area contributed by atoms with Crippen molar-refractivity contribution < 1.29 is 14.3 Å². The Balaban J connectivity index is 1.33. The van der Waals surface area contributed by atoms with Crippen LogP contribution in [0.2, 0.25) is 0 Å². The Kier molecular flexibility index (Phi) is 5.40. The van der Waals surface area contributed by atoms with Gasteiger partial charge in [-0.3, -0.25) is 14.5 Å². The van der Waals surface area contributed by atoms with Crippen LogP contribution < -0.4 is 4.74 Å². The van der Waals surface area contributed by atoms with E-state index in [9.17, 15) is 9.59 Å². The number of hydrogen-bond donors (Lipinski definition) is 0. The zero-order chi connectivity index (χ0) is 21.4. The third kappa shape index (κ3) is 4.04. The average molecular weight is 420 g/mol. The minimum absolute atomic E-state index is 0.0227. The summed E-state index contributed by atoms with van der Waals surface area (Å²) in [5, 5.41) is 0. The Morgan fingerprint density at radius 2 is 1.87 bits per heavy atom. The van der Waals surface area contributed by atoms with Crippen molar-refractivity contribution in [1.82, 2.24) is 14.7 Å². The molecule has 0 radical (unpaired) electrons. The second-order valence-corrected chi connectivity index (χ2v) is 8.92. The monoisotopic (exact) mass is 419 g/mol. The fourth-order valence-electron chi connectivity index (χ4n) is 5.16. The Morgan fingerprint density at radius 3 is 2.71 bits per heavy atom. The van der Waals surface area contributed by atoms with Crippen LogP contribution in [0.4, 0.5) is 0 Å². The van der Waals surface area contributed by atoms with Crippen molar-refractivity contribution in [2.75, 3.05) is 33.3 Å². The van der Waals surface area contributed by atoms with E-state index in [1.54, 1.807) is 4.90 Å². The van der Waals surface area contributed by atoms with Crippen molar-refractivity contribution in [3.05, 3.63) is 65.2 Å². The van der Waals surface area contributed by atoms with Gasteiger partial charge in [0, 0.05) is 45.7 Å². The van der Waals surface area contributed by atoms with E-state index in [1.807, 2.05) is 42.3 Å². The van der Waals surface area contributed by atoms with Gasteiger partial charge < -0.3 is 14.5 Å². The van der Waals surface area contributed by atoms with Crippen molar-refractivity contribution in [3.8, 4) is 5.75 Å². The Morgan fingerprint density at radius 1 is 1.03 bits per heavy atom. The van der Waals surface area contributed by atoms with E-state index in [-0.39, 0.29) is 30.3 Å². The SMILES string of the molecule is CN1C(=O)CN(Cc2ccccc2)C(=O)[C@H]2CN(Cc3ccc4c(c3)CCO4)CC[C@H]21. The van der Waals surface area contributed by atoms with Crippen LogP contribution in [0, 0.1) is 5.92 Å². The first-order valence-corrected chi connectivity index (χ1v) is 11.1. The molecule has 162 valence electrons. The number of nitrogens with zero attached hydrogens (tertiary/aromatic N) is 3. The normalized spacial score (nSPS) is 23.9. The molecule has 0 aliphatic carbocycles. The molecule has 6 nitrogen and oxygen atoms in total. The summed E-state index contributed by atoms with van der Waals surface area (Å²) in [6, 6.07) is 16.3. The zero-order valence-corrected chi connectivity index (χ0v) is 18.0. The highest BCUT2D eigenvalue weighted by Crippen LogP contribution is 2.30. The lowest BCUT2D eigenvalue weighted by Gasteiger charge is -2.40. The predicted octanol–water partition coefficient (Wildman–Crippen LogP) is 2.31. The van der Waals surface area contributed by atoms with Gasteiger partial charge in [-0.25, -0.2) is 0 Å². The molecule has 2 amide bonds. The first-order valence-electron chi connectivity index (χ1n) is 11.1. The number of carbonyl (C=O) groups excluding carboxylic acids is 2. The number of carbonyl (C=O) groups is 2. The van der Waals surface area contributed by atoms with Gasteiger partial charge in [0.2, 0.25) is 11.8 Å². The number of rotatable bonds is 4. The summed E-state index contributed by atoms with van der Waals surface area (Å²) < 4.78 is 5.62. The van der Waals surface area contributed by atoms with Crippen molar-refractivity contribution in [3.63, 3.8) is 0 Å². The lowest BCUT2D eigenvalue weighted by molar-refractivity contribution is -0.138. The van der Waals surface area contributed by atoms with Gasteiger partial charge >= 0.3 is 0 Å². The highest BCUT2D eigenvalue weighted by atomic mass is 16.5. The minimum atomic E-state index is -0.188. The van der Waals surface area contributed by atoms with Gasteiger partial charge in [0.1, 0.15) is 12.3 Å². The number of hydrogen-bond acceptors (Lipinski definition) is 4. The molecule has 0 saturated carbocycles. The van der Waals surface area contributed by atoms with Gasteiger partial charge in [0.25, 0.3) is 0 Å². The topological polar surface area (TPSA) is 53.1 Å². The summed E-state index contributed by atoms with van der Waals surface area (Å²) in [6.45, 7) is 3.78. The minimum Gasteiger partial charge on any atom is -0.493 e. The molecule has 6 heteroatoms. The highest BCUT2D eigenvalue weighted by molar-refractivity contribution is 5.89. The van der Waals surface area contributed by atoms with E-state index in [2.05, 4.69) is 23.1 Å². The van der Waals surface area contributed by atoms with Crippen molar-refractivity contribution in [1.29, 1.82) is 0 Å². The first kappa shape index (κ1) is 20.1. The standard InChI is InChI=1S/C25H29N3O3/c1-26-22-9-11-27(14-19-7-8-23-20(13-19)10-12-31-23)16-21(22)25(30)28(17-24(26)29)15-18-5-3-2-4-6-18/h2-8,13,21-22H,9-12,14-17H2,1H3/t21-,22+/m0/s1. The molecule has 3 aliphatic rings. The lowest BCUT2D eigenvalue weighted by atomic mass is 9.89. The molecule has 2 atom stereocenters. The molecule has 3 heterocycles. The molecule has 31 heavy (non-hydrogen) atoms. The smallest absolute Gasteiger partial charge is 0.242 e. The molecular formula is C25H29N3O3. The number of fused-ring (bicyclic) bond motifs is 2. The van der Waals surface area contributed by atoms with Crippen molar-refractivity contribution >= 4 is 11.8 Å². The molecule has 0 N–H and O–H groups in total. The van der Waals surface area contributed by atoms with Crippen LogP contribution in [0.1, 0.15) is 23.1 Å². The fraction of sp³-hybridized carbons (Fsp3) is 0.440. The van der Waals surface area contributed by atoms with E-state index in [1.165, 1.54) is 11.1 Å². The number of amides is 2. The molecule has 2 saturated heterocycles. The third-order valence-electron chi connectivity index (χ3n) is 6.88. The summed E-state index contributed by atoms with van der Waals surface area (Å²) in [4.78, 5) is 32.3. The summed E-state index contributed by atoms with van der Waals surface area (Å²) in [5.41, 5.74) is 3.59. The van der Waals surface area contributed by atoms with Gasteiger partial charge in [-0.05, 0) is 29.2 Å². The molecule has 2 fully saturated rings. The molecule has 0 bridgehead atoms. The van der Waals surface area contributed by atoms with Crippen LogP contribution in [-0.4, -0.2) is 65.8 Å². The van der Waals surface area contributed by atoms with E-state index < -0.39 is 0 Å². The maximum absolute atomic E-state index is 13.5. The van der Waals surface area contributed by atoms with Gasteiger partial charge in [0.05, 0.1) is 12.5 Å². The highest BCUT2D eigenvalue weighted by Gasteiger charge is 2.43. The number of ether oxygens (including phenoxy) is 1. The molecule has 0 spiro atoms. The van der Waals surface area contributed by atoms with E-state index in [0.29, 0.717) is 13.1 Å². The van der Waals surface area contributed by atoms with E-state index in [4.69, 9.17) is 4.74 Å². The largest absolute Gasteiger partial charge is 0.493 e. The maximum Gasteiger partial charge on any atom is 0.242 e. The second kappa shape index (κ2) is 8.35. The molecule has 0 unspecified atom stereocenters. The molecule has 2 aromatic carbocycles. The van der Waals surface area contributed by atoms with Crippen LogP contribution in [0.5, 0.6) is 5.75 Å². The molecule has 0 aromatic heterocycles. The molecule has 2 aromatic rings. The lowest BCUT2D eigenvalue weighted by Crippen LogP contribution is -2.53. The Labute approximate surface area is 183 Å². The number of benzene rings is 2. The molecule has 3 aliphatic heterocycles. The number of likely N-dealkylation sites (tertiary alicyclic amines) is 1. The van der Waals surface area contributed by atoms with Crippen LogP contribution >= 0.6 is 0 Å². The first-order chi connectivity index (χ1) is 15.1. The Bertz CT molecular complexity index is 977. The summed E-state index contributed by atoms with van der Waals surface area (Å²) in [7, 11) is 1.86. The molecular weight excluding hydrogens is 390 g/mol. The van der Waals surface area contributed by atoms with E-state index in [0.717, 1.165) is 43.9 Å². The second-order valence-electron chi connectivity index (χ2n) is 8.92. The summed E-state index contributed by atoms with van der Waals surface area (Å²) in [5.74, 6) is 0.937. The van der Waals surface area contributed by atoms with Gasteiger partial charge in [-0.1, -0.05) is 42.5 Å². The summed E-state index contributed by atoms with van der Waals surface area (Å²) in [6.07, 6.45) is 1.79. The van der Waals surface area contributed by atoms with Crippen LogP contribution in [0.25, 0.3) is 0 Å². The zero-order valence-electron chi connectivity index (χ0n) is 18.0. The van der Waals surface area contributed by atoms with Gasteiger partial charge in [-0.2, -0.15) is 0 Å². The quantitative estimate of drug-likeness (QED) is 0.763. The van der Waals surface area contributed by atoms with Crippen molar-refractivity contribution in [2.45, 2.75) is 32.0 Å². The van der Waals surface area contributed by atoms with Crippen LogP contribution in [-0.2, 0) is 29.1 Å². The number of likely N-dealkylation sites (N-methyl/N-ethyl adjacent to an activating group) is 1. The summed E-state index contributed by atoms with van der Waals surface area (Å²) >= 11 is 0. The van der Waals surface area contributed by atoms with Crippen LogP contribution in [0.3, 0.4) is 0 Å². The van der Waals surface area contributed by atoms with E-state index >= 15 is 0 Å².